The van der Waals surface area contributed by atoms with Gasteiger partial charge in [0.25, 0.3) is 5.69 Å². The van der Waals surface area contributed by atoms with E-state index in [4.69, 9.17) is 4.74 Å². The third kappa shape index (κ3) is 3.86. The average molecular weight is 323 g/mol. The number of halogens is 1. The molecule has 23 heavy (non-hydrogen) atoms. The Bertz CT molecular complexity index is 584. The number of nitro groups is 1. The lowest BCUT2D eigenvalue weighted by Crippen LogP contribution is -2.43. The van der Waals surface area contributed by atoms with Crippen LogP contribution in [0, 0.1) is 15.5 Å². The minimum absolute atomic E-state index is 0.0772. The molecule has 1 saturated carbocycles. The third-order valence-corrected chi connectivity index (χ3v) is 4.66. The van der Waals surface area contributed by atoms with Gasteiger partial charge in [-0.1, -0.05) is 20.8 Å². The quantitative estimate of drug-likeness (QED) is 0.468. The first-order valence-electron chi connectivity index (χ1n) is 7.77. The monoisotopic (exact) mass is 323 g/mol. The zero-order valence-electron chi connectivity index (χ0n) is 13.7. The smallest absolute Gasteiger partial charge is 0.338 e. The lowest BCUT2D eigenvalue weighted by molar-refractivity contribution is -0.384. The number of nitrogens with zero attached hydrogens (tertiary/aromatic N) is 1. The molecule has 1 aliphatic rings. The summed E-state index contributed by atoms with van der Waals surface area (Å²) in [6, 6.07) is 5.28. The van der Waals surface area contributed by atoms with E-state index in [0.717, 1.165) is 0 Å². The molecule has 1 fully saturated rings. The standard InChI is InChI=1S/C17H22FNO4/c1-16(2,3)17(18)10-8-14(9-11-17)23-15(20)12-4-6-13(7-5-12)19(21)22/h4-7,14H,8-11H2,1-3H3. The van der Waals surface area contributed by atoms with E-state index in [0.29, 0.717) is 25.7 Å². The van der Waals surface area contributed by atoms with E-state index in [9.17, 15) is 19.3 Å². The van der Waals surface area contributed by atoms with Gasteiger partial charge >= 0.3 is 5.97 Å². The summed E-state index contributed by atoms with van der Waals surface area (Å²) in [5.41, 5.74) is -1.47. The molecule has 0 unspecified atom stereocenters. The summed E-state index contributed by atoms with van der Waals surface area (Å²) >= 11 is 0. The fourth-order valence-electron chi connectivity index (χ4n) is 2.86. The molecule has 0 saturated heterocycles. The van der Waals surface area contributed by atoms with Crippen molar-refractivity contribution in [3.05, 3.63) is 39.9 Å². The Morgan fingerprint density at radius 3 is 2.22 bits per heavy atom. The fourth-order valence-corrected chi connectivity index (χ4v) is 2.86. The van der Waals surface area contributed by atoms with E-state index in [-0.39, 0.29) is 17.4 Å². The Kier molecular flexibility index (Phi) is 4.73. The second-order valence-electron chi connectivity index (χ2n) is 7.12. The van der Waals surface area contributed by atoms with Gasteiger partial charge in [0.05, 0.1) is 10.5 Å². The lowest BCUT2D eigenvalue weighted by Gasteiger charge is -2.42. The number of hydrogen-bond donors (Lipinski definition) is 0. The van der Waals surface area contributed by atoms with Gasteiger partial charge in [0, 0.05) is 12.1 Å². The molecule has 0 bridgehead atoms. The molecule has 0 amide bonds. The predicted octanol–water partition coefficient (Wildman–Crippen LogP) is 4.45. The number of alkyl halides is 1. The molecule has 1 aromatic rings. The molecule has 6 heteroatoms. The Morgan fingerprint density at radius 1 is 1.26 bits per heavy atom. The van der Waals surface area contributed by atoms with Crippen molar-refractivity contribution in [3.63, 3.8) is 0 Å². The highest BCUT2D eigenvalue weighted by Crippen LogP contribution is 2.45. The molecule has 0 aliphatic heterocycles. The number of esters is 1. The van der Waals surface area contributed by atoms with Crippen LogP contribution < -0.4 is 0 Å². The van der Waals surface area contributed by atoms with Gasteiger partial charge in [0.1, 0.15) is 11.8 Å². The number of rotatable bonds is 3. The van der Waals surface area contributed by atoms with Gasteiger partial charge in [0.2, 0.25) is 0 Å². The van der Waals surface area contributed by atoms with E-state index in [1.54, 1.807) is 0 Å². The van der Waals surface area contributed by atoms with Crippen LogP contribution in [-0.2, 0) is 4.74 Å². The largest absolute Gasteiger partial charge is 0.459 e. The first kappa shape index (κ1) is 17.4. The number of hydrogen-bond acceptors (Lipinski definition) is 4. The number of nitro benzene ring substituents is 1. The van der Waals surface area contributed by atoms with Gasteiger partial charge in [-0.15, -0.1) is 0 Å². The van der Waals surface area contributed by atoms with Crippen molar-refractivity contribution in [2.24, 2.45) is 5.41 Å². The molecule has 0 spiro atoms. The summed E-state index contributed by atoms with van der Waals surface area (Å²) in [5.74, 6) is -0.521. The van der Waals surface area contributed by atoms with E-state index in [1.807, 2.05) is 20.8 Å². The molecule has 0 aromatic heterocycles. The molecule has 0 N–H and O–H groups in total. The first-order chi connectivity index (χ1) is 10.6. The van der Waals surface area contributed by atoms with Gasteiger partial charge in [-0.3, -0.25) is 10.1 Å². The van der Waals surface area contributed by atoms with Crippen molar-refractivity contribution in [1.82, 2.24) is 0 Å². The number of carbonyl (C=O) groups excluding carboxylic acids is 1. The van der Waals surface area contributed by atoms with Crippen LogP contribution in [0.25, 0.3) is 0 Å². The molecule has 0 heterocycles. The topological polar surface area (TPSA) is 69.4 Å². The van der Waals surface area contributed by atoms with Crippen LogP contribution in [0.2, 0.25) is 0 Å². The Balaban J connectivity index is 1.93. The van der Waals surface area contributed by atoms with E-state index >= 15 is 0 Å². The van der Waals surface area contributed by atoms with Gasteiger partial charge in [-0.05, 0) is 43.2 Å². The summed E-state index contributed by atoms with van der Waals surface area (Å²) in [5, 5.41) is 10.6. The maximum absolute atomic E-state index is 14.8. The fraction of sp³-hybridized carbons (Fsp3) is 0.588. The van der Waals surface area contributed by atoms with E-state index in [1.165, 1.54) is 24.3 Å². The van der Waals surface area contributed by atoms with Crippen molar-refractivity contribution < 1.29 is 18.8 Å². The number of non-ortho nitro benzene ring substituents is 1. The molecular weight excluding hydrogens is 301 g/mol. The summed E-state index contributed by atoms with van der Waals surface area (Å²) in [7, 11) is 0. The zero-order chi connectivity index (χ0) is 17.3. The van der Waals surface area contributed by atoms with Crippen LogP contribution in [0.3, 0.4) is 0 Å². The first-order valence-corrected chi connectivity index (χ1v) is 7.77. The van der Waals surface area contributed by atoms with Crippen molar-refractivity contribution in [2.75, 3.05) is 0 Å². The molecule has 126 valence electrons. The third-order valence-electron chi connectivity index (χ3n) is 4.66. The lowest BCUT2D eigenvalue weighted by atomic mass is 9.69. The second-order valence-corrected chi connectivity index (χ2v) is 7.12. The number of benzene rings is 1. The van der Waals surface area contributed by atoms with E-state index in [2.05, 4.69) is 0 Å². The summed E-state index contributed by atoms with van der Waals surface area (Å²) in [6.45, 7) is 5.66. The SMILES string of the molecule is CC(C)(C)C1(F)CCC(OC(=O)c2ccc([N+](=O)[O-])cc2)CC1. The van der Waals surface area contributed by atoms with Crippen molar-refractivity contribution in [2.45, 2.75) is 58.2 Å². The summed E-state index contributed by atoms with van der Waals surface area (Å²) < 4.78 is 20.2. The van der Waals surface area contributed by atoms with Gasteiger partial charge < -0.3 is 4.74 Å². The normalized spacial score (nSPS) is 25.0. The Morgan fingerprint density at radius 2 is 1.78 bits per heavy atom. The molecule has 1 aliphatic carbocycles. The molecule has 5 nitrogen and oxygen atoms in total. The number of carbonyl (C=O) groups is 1. The van der Waals surface area contributed by atoms with Crippen molar-refractivity contribution >= 4 is 11.7 Å². The average Bonchev–Trinajstić information content (AvgIpc) is 2.48. The minimum atomic E-state index is -1.23. The van der Waals surface area contributed by atoms with E-state index < -0.39 is 22.0 Å². The summed E-state index contributed by atoms with van der Waals surface area (Å²) in [6.07, 6.45) is 1.42. The Labute approximate surface area is 135 Å². The molecule has 1 aromatic carbocycles. The molecule has 0 radical (unpaired) electrons. The summed E-state index contributed by atoms with van der Waals surface area (Å²) in [4.78, 5) is 22.1. The highest BCUT2D eigenvalue weighted by atomic mass is 19.1. The maximum atomic E-state index is 14.8. The predicted molar refractivity (Wildman–Crippen MR) is 84.1 cm³/mol. The van der Waals surface area contributed by atoms with Crippen LogP contribution in [-0.4, -0.2) is 22.7 Å². The van der Waals surface area contributed by atoms with Crippen LogP contribution in [0.4, 0.5) is 10.1 Å². The van der Waals surface area contributed by atoms with Crippen LogP contribution in [0.5, 0.6) is 0 Å². The maximum Gasteiger partial charge on any atom is 0.338 e. The Hall–Kier alpha value is -1.98. The molecular formula is C17H22FNO4. The zero-order valence-corrected chi connectivity index (χ0v) is 13.7. The van der Waals surface area contributed by atoms with Crippen LogP contribution >= 0.6 is 0 Å². The van der Waals surface area contributed by atoms with Gasteiger partial charge in [-0.2, -0.15) is 0 Å². The van der Waals surface area contributed by atoms with Gasteiger partial charge in [-0.25, -0.2) is 9.18 Å². The molecule has 0 atom stereocenters. The highest BCUT2D eigenvalue weighted by molar-refractivity contribution is 5.89. The second kappa shape index (κ2) is 6.26. The van der Waals surface area contributed by atoms with Crippen molar-refractivity contribution in [3.8, 4) is 0 Å². The van der Waals surface area contributed by atoms with Gasteiger partial charge in [0.15, 0.2) is 0 Å². The minimum Gasteiger partial charge on any atom is -0.459 e. The number of ether oxygens (including phenoxy) is 1. The van der Waals surface area contributed by atoms with Crippen molar-refractivity contribution in [1.29, 1.82) is 0 Å². The highest BCUT2D eigenvalue weighted by Gasteiger charge is 2.45. The van der Waals surface area contributed by atoms with Crippen LogP contribution in [0.1, 0.15) is 56.8 Å². The molecule has 2 rings (SSSR count). The van der Waals surface area contributed by atoms with Crippen LogP contribution in [0.15, 0.2) is 24.3 Å².